The van der Waals surface area contributed by atoms with Gasteiger partial charge in [-0.25, -0.2) is 4.90 Å². The maximum absolute atomic E-state index is 15.8. The number of methoxy groups -OCH3 is 1. The highest BCUT2D eigenvalue weighted by molar-refractivity contribution is 6.39. The van der Waals surface area contributed by atoms with Gasteiger partial charge in [0.2, 0.25) is 11.8 Å². The largest absolute Gasteiger partial charge is 0.497 e. The van der Waals surface area contributed by atoms with Crippen LogP contribution in [0.3, 0.4) is 0 Å². The SMILES string of the molecule is COc1ccc(N2C(=O)[C@@H]3[C@H](C2=O)[C@@]2(c4ccccc4)C(=O)[C@@]3(c3ccccc3)C(c3ccccc3)=C2c2ccccc2)cc1. The molecule has 0 spiro atoms. The molecule has 0 aromatic heterocycles. The molecule has 218 valence electrons. The highest BCUT2D eigenvalue weighted by Crippen LogP contribution is 2.74. The molecule has 2 aliphatic carbocycles. The zero-order valence-electron chi connectivity index (χ0n) is 24.6. The highest BCUT2D eigenvalue weighted by Gasteiger charge is 2.82. The molecule has 5 nitrogen and oxygen atoms in total. The summed E-state index contributed by atoms with van der Waals surface area (Å²) in [6.45, 7) is 0. The molecule has 0 radical (unpaired) electrons. The molecule has 1 saturated heterocycles. The fraction of sp³-hybridized carbons (Fsp3) is 0.125. The molecule has 2 bridgehead atoms. The summed E-state index contributed by atoms with van der Waals surface area (Å²) in [5.41, 5.74) is 2.34. The molecule has 1 heterocycles. The second kappa shape index (κ2) is 10.00. The zero-order valence-corrected chi connectivity index (χ0v) is 24.6. The van der Waals surface area contributed by atoms with Gasteiger partial charge in [-0.2, -0.15) is 0 Å². The van der Waals surface area contributed by atoms with Gasteiger partial charge in [0.05, 0.1) is 35.5 Å². The zero-order chi connectivity index (χ0) is 30.8. The maximum atomic E-state index is 15.8. The van der Waals surface area contributed by atoms with Crippen LogP contribution in [0.2, 0.25) is 0 Å². The minimum Gasteiger partial charge on any atom is -0.497 e. The second-order valence-electron chi connectivity index (χ2n) is 11.8. The number of amides is 2. The predicted octanol–water partition coefficient (Wildman–Crippen LogP) is 6.88. The molecule has 1 aliphatic heterocycles. The average molecular weight is 588 g/mol. The number of imide groups is 1. The lowest BCUT2D eigenvalue weighted by Crippen LogP contribution is -2.45. The lowest BCUT2D eigenvalue weighted by molar-refractivity contribution is -0.130. The van der Waals surface area contributed by atoms with E-state index in [1.165, 1.54) is 4.90 Å². The molecule has 5 heteroatoms. The summed E-state index contributed by atoms with van der Waals surface area (Å²) in [6, 6.07) is 45.8. The summed E-state index contributed by atoms with van der Waals surface area (Å²) >= 11 is 0. The molecule has 0 N–H and O–H groups in total. The van der Waals surface area contributed by atoms with Gasteiger partial charge in [0.25, 0.3) is 0 Å². The van der Waals surface area contributed by atoms with Crippen molar-refractivity contribution in [2.45, 2.75) is 10.8 Å². The third kappa shape index (κ3) is 3.41. The van der Waals surface area contributed by atoms with E-state index in [9.17, 15) is 9.59 Å². The highest BCUT2D eigenvalue weighted by atomic mass is 16.5. The van der Waals surface area contributed by atoms with Gasteiger partial charge in [-0.15, -0.1) is 0 Å². The minimum absolute atomic E-state index is 0.129. The Morgan fingerprint density at radius 2 is 0.889 bits per heavy atom. The van der Waals surface area contributed by atoms with Crippen molar-refractivity contribution in [2.24, 2.45) is 11.8 Å². The van der Waals surface area contributed by atoms with Crippen molar-refractivity contribution in [3.63, 3.8) is 0 Å². The topological polar surface area (TPSA) is 63.7 Å². The van der Waals surface area contributed by atoms with E-state index in [1.54, 1.807) is 31.4 Å². The minimum atomic E-state index is -1.41. The van der Waals surface area contributed by atoms with Crippen LogP contribution >= 0.6 is 0 Å². The summed E-state index contributed by atoms with van der Waals surface area (Å²) in [5, 5.41) is 0. The van der Waals surface area contributed by atoms with E-state index in [0.29, 0.717) is 22.6 Å². The summed E-state index contributed by atoms with van der Waals surface area (Å²) < 4.78 is 5.35. The fourth-order valence-corrected chi connectivity index (χ4v) is 8.32. The van der Waals surface area contributed by atoms with Crippen LogP contribution in [-0.2, 0) is 25.2 Å². The molecule has 4 atom stereocenters. The number of ketones is 1. The van der Waals surface area contributed by atoms with E-state index in [1.807, 2.05) is 121 Å². The van der Waals surface area contributed by atoms with E-state index in [0.717, 1.165) is 22.3 Å². The Bertz CT molecular complexity index is 1870. The first kappa shape index (κ1) is 27.0. The van der Waals surface area contributed by atoms with Crippen LogP contribution in [0.25, 0.3) is 11.1 Å². The fourth-order valence-electron chi connectivity index (χ4n) is 8.32. The van der Waals surface area contributed by atoms with Crippen molar-refractivity contribution < 1.29 is 19.1 Å². The van der Waals surface area contributed by atoms with Crippen LogP contribution in [0.15, 0.2) is 146 Å². The first-order valence-electron chi connectivity index (χ1n) is 15.1. The Kier molecular flexibility index (Phi) is 6.00. The number of nitrogens with zero attached hydrogens (tertiary/aromatic N) is 1. The number of hydrogen-bond donors (Lipinski definition) is 0. The van der Waals surface area contributed by atoms with E-state index in [-0.39, 0.29) is 17.6 Å². The van der Waals surface area contributed by atoms with Gasteiger partial charge >= 0.3 is 0 Å². The predicted molar refractivity (Wildman–Crippen MR) is 173 cm³/mol. The van der Waals surface area contributed by atoms with Gasteiger partial charge < -0.3 is 4.74 Å². The Balaban J connectivity index is 1.53. The van der Waals surface area contributed by atoms with E-state index < -0.39 is 22.7 Å². The molecule has 45 heavy (non-hydrogen) atoms. The smallest absolute Gasteiger partial charge is 0.239 e. The lowest BCUT2D eigenvalue weighted by Gasteiger charge is -2.39. The molecule has 3 aliphatic rings. The van der Waals surface area contributed by atoms with Gasteiger partial charge in [-0.3, -0.25) is 14.4 Å². The monoisotopic (exact) mass is 587 g/mol. The van der Waals surface area contributed by atoms with Crippen LogP contribution in [0.5, 0.6) is 5.75 Å². The Labute approximate surface area is 261 Å². The number of carbonyl (C=O) groups is 3. The summed E-state index contributed by atoms with van der Waals surface area (Å²) in [6.07, 6.45) is 0. The number of hydrogen-bond acceptors (Lipinski definition) is 4. The van der Waals surface area contributed by atoms with Crippen molar-refractivity contribution in [3.05, 3.63) is 168 Å². The van der Waals surface area contributed by atoms with Gasteiger partial charge in [0.15, 0.2) is 5.78 Å². The van der Waals surface area contributed by atoms with Crippen LogP contribution in [0.1, 0.15) is 22.3 Å². The summed E-state index contributed by atoms with van der Waals surface area (Å²) in [4.78, 5) is 47.0. The van der Waals surface area contributed by atoms with Gasteiger partial charge in [-0.05, 0) is 57.7 Å². The molecular formula is C40H29NO4. The molecule has 8 rings (SSSR count). The molecular weight excluding hydrogens is 558 g/mol. The summed E-state index contributed by atoms with van der Waals surface area (Å²) in [5.74, 6) is -2.16. The van der Waals surface area contributed by atoms with E-state index in [2.05, 4.69) is 0 Å². The van der Waals surface area contributed by atoms with Crippen LogP contribution in [-0.4, -0.2) is 24.7 Å². The van der Waals surface area contributed by atoms with Gasteiger partial charge in [0.1, 0.15) is 5.75 Å². The van der Waals surface area contributed by atoms with Crippen molar-refractivity contribution in [3.8, 4) is 5.75 Å². The molecule has 2 amide bonds. The van der Waals surface area contributed by atoms with Gasteiger partial charge in [-0.1, -0.05) is 121 Å². The Hall–Kier alpha value is -5.55. The van der Waals surface area contributed by atoms with Crippen molar-refractivity contribution in [2.75, 3.05) is 12.0 Å². The third-order valence-electron chi connectivity index (χ3n) is 9.91. The van der Waals surface area contributed by atoms with Crippen LogP contribution in [0.4, 0.5) is 5.69 Å². The first-order chi connectivity index (χ1) is 22.1. The average Bonchev–Trinajstić information content (AvgIpc) is 3.62. The number of ether oxygens (including phenoxy) is 1. The number of fused-ring (bicyclic) bond motifs is 5. The lowest BCUT2D eigenvalue weighted by atomic mass is 9.59. The van der Waals surface area contributed by atoms with Crippen molar-refractivity contribution in [1.82, 2.24) is 0 Å². The normalized spacial score (nSPS) is 25.2. The summed E-state index contributed by atoms with van der Waals surface area (Å²) in [7, 11) is 1.57. The molecule has 0 unspecified atom stereocenters. The number of rotatable bonds is 6. The van der Waals surface area contributed by atoms with Crippen LogP contribution < -0.4 is 9.64 Å². The standard InChI is InChI=1S/C40H29NO4/c1-45-31-24-22-30(23-25-31)41-36(42)34-35(37(41)43)40(29-20-12-5-13-21-29)33(27-16-8-3-9-17-27)32(26-14-6-2-7-15-26)39(34,38(40)44)28-18-10-4-11-19-28/h2-25,34-35H,1H3/t34-,35+,39-,40-/m0/s1. The first-order valence-corrected chi connectivity index (χ1v) is 15.1. The van der Waals surface area contributed by atoms with Crippen molar-refractivity contribution in [1.29, 1.82) is 0 Å². The number of benzene rings is 5. The quantitative estimate of drug-likeness (QED) is 0.203. The number of carbonyl (C=O) groups excluding carboxylic acids is 3. The number of anilines is 1. The second-order valence-corrected chi connectivity index (χ2v) is 11.8. The van der Waals surface area contributed by atoms with Crippen molar-refractivity contribution >= 4 is 34.4 Å². The maximum Gasteiger partial charge on any atom is 0.239 e. The molecule has 1 saturated carbocycles. The molecule has 2 fully saturated rings. The van der Waals surface area contributed by atoms with E-state index >= 15 is 4.79 Å². The van der Waals surface area contributed by atoms with Crippen LogP contribution in [0, 0.1) is 11.8 Å². The molecule has 5 aromatic rings. The number of Topliss-reactive ketones (excluding diaryl/α,β-unsaturated/α-hetero) is 1. The number of allylic oxidation sites excluding steroid dienone is 2. The van der Waals surface area contributed by atoms with Gasteiger partial charge in [0, 0.05) is 0 Å². The Morgan fingerprint density at radius 1 is 0.511 bits per heavy atom. The third-order valence-corrected chi connectivity index (χ3v) is 9.91. The Morgan fingerprint density at radius 3 is 1.27 bits per heavy atom. The molecule has 5 aromatic carbocycles. The van der Waals surface area contributed by atoms with E-state index in [4.69, 9.17) is 4.74 Å².